The third kappa shape index (κ3) is 4.72. The SMILES string of the molecule is c1ccc(-c2nc(-c3ccc(-c4cc5ccccc5c5ccccc45)cc3)nc(-c3cccc4c3-c3ccccc3C43c4ccccc4Oc4ccccc43)n2)cc1. The van der Waals surface area contributed by atoms with Crippen LogP contribution in [0.4, 0.5) is 0 Å². The molecule has 10 aromatic rings. The predicted octanol–water partition coefficient (Wildman–Crippen LogP) is 13.3. The van der Waals surface area contributed by atoms with E-state index in [4.69, 9.17) is 19.7 Å². The molecule has 0 N–H and O–H groups in total. The molecule has 1 aliphatic carbocycles. The van der Waals surface area contributed by atoms with E-state index in [2.05, 4.69) is 170 Å². The zero-order valence-electron chi connectivity index (χ0n) is 31.3. The van der Waals surface area contributed by atoms with E-state index < -0.39 is 5.41 Å². The van der Waals surface area contributed by atoms with Crippen molar-refractivity contribution in [2.75, 3.05) is 0 Å². The van der Waals surface area contributed by atoms with Gasteiger partial charge in [0.25, 0.3) is 0 Å². The van der Waals surface area contributed by atoms with Gasteiger partial charge in [-0.1, -0.05) is 182 Å². The van der Waals surface area contributed by atoms with Gasteiger partial charge in [0.1, 0.15) is 11.5 Å². The summed E-state index contributed by atoms with van der Waals surface area (Å²) in [4.78, 5) is 15.7. The van der Waals surface area contributed by atoms with E-state index in [9.17, 15) is 0 Å². The lowest BCUT2D eigenvalue weighted by Crippen LogP contribution is -2.32. The van der Waals surface area contributed by atoms with Crippen molar-refractivity contribution in [1.29, 1.82) is 0 Å². The van der Waals surface area contributed by atoms with Crippen molar-refractivity contribution in [3.05, 3.63) is 222 Å². The second-order valence-electron chi connectivity index (χ2n) is 15.1. The minimum Gasteiger partial charge on any atom is -0.457 e. The van der Waals surface area contributed by atoms with Gasteiger partial charge in [-0.15, -0.1) is 0 Å². The fourth-order valence-corrected chi connectivity index (χ4v) is 9.52. The highest BCUT2D eigenvalue weighted by Crippen LogP contribution is 2.63. The van der Waals surface area contributed by atoms with E-state index in [1.165, 1.54) is 38.2 Å². The number of ether oxygens (including phenoxy) is 1. The minimum atomic E-state index is -0.589. The molecular weight excluding hydrogens is 707 g/mol. The van der Waals surface area contributed by atoms with Crippen molar-refractivity contribution in [3.63, 3.8) is 0 Å². The number of fused-ring (bicyclic) bond motifs is 12. The quantitative estimate of drug-likeness (QED) is 0.169. The monoisotopic (exact) mass is 739 g/mol. The first-order valence-corrected chi connectivity index (χ1v) is 19.7. The summed E-state index contributed by atoms with van der Waals surface area (Å²) in [5, 5.41) is 4.96. The van der Waals surface area contributed by atoms with Crippen LogP contribution in [0.15, 0.2) is 200 Å². The van der Waals surface area contributed by atoms with Gasteiger partial charge in [-0.05, 0) is 73.1 Å². The Bertz CT molecular complexity index is 3220. The molecule has 0 atom stereocenters. The Balaban J connectivity index is 1.06. The average molecular weight is 740 g/mol. The van der Waals surface area contributed by atoms with Crippen LogP contribution in [0.1, 0.15) is 22.3 Å². The van der Waals surface area contributed by atoms with E-state index in [0.29, 0.717) is 17.5 Å². The Kier molecular flexibility index (Phi) is 7.11. The van der Waals surface area contributed by atoms with Gasteiger partial charge in [-0.3, -0.25) is 0 Å². The normalized spacial score (nSPS) is 13.1. The van der Waals surface area contributed by atoms with E-state index in [-0.39, 0.29) is 0 Å². The molecule has 12 rings (SSSR count). The van der Waals surface area contributed by atoms with Crippen LogP contribution in [0.3, 0.4) is 0 Å². The molecule has 9 aromatic carbocycles. The lowest BCUT2D eigenvalue weighted by Gasteiger charge is -2.39. The molecule has 58 heavy (non-hydrogen) atoms. The first-order valence-electron chi connectivity index (χ1n) is 19.7. The lowest BCUT2D eigenvalue weighted by molar-refractivity contribution is 0.436. The van der Waals surface area contributed by atoms with Gasteiger partial charge in [0, 0.05) is 27.8 Å². The molecule has 0 saturated heterocycles. The molecule has 1 spiro atoms. The molecule has 4 heteroatoms. The summed E-state index contributed by atoms with van der Waals surface area (Å²) in [5.74, 6) is 3.61. The van der Waals surface area contributed by atoms with E-state index in [1.54, 1.807) is 0 Å². The van der Waals surface area contributed by atoms with Crippen LogP contribution < -0.4 is 4.74 Å². The molecule has 2 heterocycles. The van der Waals surface area contributed by atoms with E-state index in [0.717, 1.165) is 56.0 Å². The number of hydrogen-bond acceptors (Lipinski definition) is 4. The first-order chi connectivity index (χ1) is 28.8. The van der Waals surface area contributed by atoms with Crippen molar-refractivity contribution in [2.45, 2.75) is 5.41 Å². The topological polar surface area (TPSA) is 47.9 Å². The molecule has 270 valence electrons. The smallest absolute Gasteiger partial charge is 0.164 e. The van der Waals surface area contributed by atoms with Gasteiger partial charge in [-0.2, -0.15) is 0 Å². The molecule has 1 aliphatic heterocycles. The molecule has 0 amide bonds. The zero-order chi connectivity index (χ0) is 38.2. The molecule has 0 saturated carbocycles. The second-order valence-corrected chi connectivity index (χ2v) is 15.1. The number of benzene rings is 9. The zero-order valence-corrected chi connectivity index (χ0v) is 31.3. The Morgan fingerprint density at radius 3 is 1.59 bits per heavy atom. The summed E-state index contributed by atoms with van der Waals surface area (Å²) >= 11 is 0. The summed E-state index contributed by atoms with van der Waals surface area (Å²) in [6, 6.07) is 70.7. The maximum absolute atomic E-state index is 6.58. The van der Waals surface area contributed by atoms with Gasteiger partial charge in [0.05, 0.1) is 5.41 Å². The van der Waals surface area contributed by atoms with Gasteiger partial charge in [0.15, 0.2) is 17.5 Å². The van der Waals surface area contributed by atoms with Crippen LogP contribution in [-0.2, 0) is 5.41 Å². The highest BCUT2D eigenvalue weighted by Gasteiger charge is 2.51. The highest BCUT2D eigenvalue weighted by molar-refractivity contribution is 6.13. The van der Waals surface area contributed by atoms with Crippen LogP contribution in [0.5, 0.6) is 11.5 Å². The summed E-state index contributed by atoms with van der Waals surface area (Å²) in [6.07, 6.45) is 0. The maximum Gasteiger partial charge on any atom is 0.164 e. The molecule has 0 unspecified atom stereocenters. The van der Waals surface area contributed by atoms with E-state index >= 15 is 0 Å². The van der Waals surface area contributed by atoms with Crippen LogP contribution in [0.2, 0.25) is 0 Å². The third-order valence-corrected chi connectivity index (χ3v) is 12.0. The van der Waals surface area contributed by atoms with E-state index in [1.807, 2.05) is 30.3 Å². The Hall–Kier alpha value is -7.69. The number of para-hydroxylation sites is 2. The summed E-state index contributed by atoms with van der Waals surface area (Å²) in [5.41, 5.74) is 11.5. The number of rotatable bonds is 4. The highest BCUT2D eigenvalue weighted by atomic mass is 16.5. The lowest BCUT2D eigenvalue weighted by atomic mass is 9.66. The van der Waals surface area contributed by atoms with Crippen molar-refractivity contribution in [3.8, 4) is 67.9 Å². The minimum absolute atomic E-state index is 0.589. The molecule has 0 fully saturated rings. The summed E-state index contributed by atoms with van der Waals surface area (Å²) < 4.78 is 6.58. The largest absolute Gasteiger partial charge is 0.457 e. The number of aromatic nitrogens is 3. The Morgan fingerprint density at radius 1 is 0.328 bits per heavy atom. The van der Waals surface area contributed by atoms with Crippen molar-refractivity contribution >= 4 is 21.5 Å². The molecule has 0 bridgehead atoms. The summed E-state index contributed by atoms with van der Waals surface area (Å²) in [6.45, 7) is 0. The maximum atomic E-state index is 6.58. The second kappa shape index (κ2) is 12.7. The molecule has 0 radical (unpaired) electrons. The van der Waals surface area contributed by atoms with Crippen LogP contribution in [0, 0.1) is 0 Å². The van der Waals surface area contributed by atoms with Crippen molar-refractivity contribution in [1.82, 2.24) is 15.0 Å². The molecular formula is C54H33N3O. The first kappa shape index (κ1) is 32.5. The van der Waals surface area contributed by atoms with Gasteiger partial charge in [0.2, 0.25) is 0 Å². The fraction of sp³-hybridized carbons (Fsp3) is 0.0185. The van der Waals surface area contributed by atoms with Crippen LogP contribution in [0.25, 0.3) is 78.0 Å². The van der Waals surface area contributed by atoms with Gasteiger partial charge >= 0.3 is 0 Å². The molecule has 4 nitrogen and oxygen atoms in total. The predicted molar refractivity (Wildman–Crippen MR) is 234 cm³/mol. The molecule has 2 aliphatic rings. The van der Waals surface area contributed by atoms with Crippen molar-refractivity contribution in [2.24, 2.45) is 0 Å². The van der Waals surface area contributed by atoms with Gasteiger partial charge < -0.3 is 4.74 Å². The standard InChI is InChI=1S/C54H33N3O/c1-2-15-35(16-3-1)51-55-52(36-31-29-34(30-32-36)43-33-37-17-4-5-18-38(37)39-19-6-7-20-40(39)43)57-53(56-51)42-22-14-26-47-50(42)41-21-8-9-23-44(41)54(47)45-24-10-12-27-48(45)58-49-28-13-11-25-46(49)54/h1-33H. The average Bonchev–Trinajstić information content (AvgIpc) is 3.60. The number of hydrogen-bond donors (Lipinski definition) is 0. The van der Waals surface area contributed by atoms with Crippen LogP contribution in [-0.4, -0.2) is 15.0 Å². The summed E-state index contributed by atoms with van der Waals surface area (Å²) in [7, 11) is 0. The molecule has 1 aromatic heterocycles. The van der Waals surface area contributed by atoms with Crippen LogP contribution >= 0.6 is 0 Å². The third-order valence-electron chi connectivity index (χ3n) is 12.0. The van der Waals surface area contributed by atoms with Gasteiger partial charge in [-0.25, -0.2) is 15.0 Å². The van der Waals surface area contributed by atoms with Crippen molar-refractivity contribution < 1.29 is 4.74 Å². The number of nitrogens with zero attached hydrogens (tertiary/aromatic N) is 3. The Labute approximate surface area is 335 Å². The fourth-order valence-electron chi connectivity index (χ4n) is 9.52. The Morgan fingerprint density at radius 2 is 0.845 bits per heavy atom.